The first-order valence-corrected chi connectivity index (χ1v) is 4.86. The van der Waals surface area contributed by atoms with Gasteiger partial charge in [0.05, 0.1) is 5.56 Å². The third kappa shape index (κ3) is 1.83. The van der Waals surface area contributed by atoms with Crippen LogP contribution in [0.1, 0.15) is 10.4 Å². The lowest BCUT2D eigenvalue weighted by Gasteiger charge is -2.05. The normalized spacial score (nSPS) is 16.5. The standard InChI is InChI=1S/C11H10ClNO2/c1-13(2)6-10-11(14)8-5-7(12)3-4-9(8)15-10/h3-6H,1-2H3. The fraction of sp³-hybridized carbons (Fsp3) is 0.182. The average Bonchev–Trinajstić information content (AvgIpc) is 2.44. The Labute approximate surface area is 92.9 Å². The van der Waals surface area contributed by atoms with E-state index in [4.69, 9.17) is 16.3 Å². The number of fused-ring (bicyclic) bond motifs is 1. The maximum Gasteiger partial charge on any atom is 0.233 e. The number of ether oxygens (including phenoxy) is 1. The Balaban J connectivity index is 2.42. The number of Topliss-reactive ketones (excluding diaryl/α,β-unsaturated/α-hetero) is 1. The summed E-state index contributed by atoms with van der Waals surface area (Å²) in [5.41, 5.74) is 0.524. The Hall–Kier alpha value is -1.48. The molecule has 0 bridgehead atoms. The molecule has 0 radical (unpaired) electrons. The van der Waals surface area contributed by atoms with E-state index >= 15 is 0 Å². The molecule has 0 N–H and O–H groups in total. The predicted octanol–water partition coefficient (Wildman–Crippen LogP) is 2.32. The third-order valence-corrected chi connectivity index (χ3v) is 2.24. The van der Waals surface area contributed by atoms with Gasteiger partial charge in [0.1, 0.15) is 5.75 Å². The van der Waals surface area contributed by atoms with Crippen LogP contribution in [0.2, 0.25) is 5.02 Å². The minimum Gasteiger partial charge on any atom is -0.451 e. The molecule has 0 saturated carbocycles. The first kappa shape index (κ1) is 10.1. The lowest BCUT2D eigenvalue weighted by atomic mass is 10.1. The highest BCUT2D eigenvalue weighted by Crippen LogP contribution is 2.32. The number of nitrogens with zero attached hydrogens (tertiary/aromatic N) is 1. The number of rotatable bonds is 1. The van der Waals surface area contributed by atoms with Crippen LogP contribution in [-0.4, -0.2) is 24.8 Å². The second-order valence-electron chi connectivity index (χ2n) is 3.53. The van der Waals surface area contributed by atoms with E-state index < -0.39 is 0 Å². The lowest BCUT2D eigenvalue weighted by molar-refractivity contribution is 0.101. The maximum absolute atomic E-state index is 11.8. The van der Waals surface area contributed by atoms with Gasteiger partial charge in [-0.15, -0.1) is 0 Å². The Morgan fingerprint density at radius 1 is 1.40 bits per heavy atom. The Kier molecular flexibility index (Phi) is 2.40. The molecular weight excluding hydrogens is 214 g/mol. The molecule has 0 aliphatic carbocycles. The molecule has 0 unspecified atom stereocenters. The van der Waals surface area contributed by atoms with E-state index in [1.807, 2.05) is 14.1 Å². The van der Waals surface area contributed by atoms with Crippen LogP contribution in [0.4, 0.5) is 0 Å². The van der Waals surface area contributed by atoms with E-state index in [1.165, 1.54) is 0 Å². The molecular formula is C11H10ClNO2. The topological polar surface area (TPSA) is 29.5 Å². The molecule has 0 atom stereocenters. The minimum atomic E-state index is -0.124. The molecule has 0 fully saturated rings. The quantitative estimate of drug-likeness (QED) is 0.685. The molecule has 0 spiro atoms. The number of hydrogen-bond donors (Lipinski definition) is 0. The molecule has 1 aromatic carbocycles. The number of ketones is 1. The van der Waals surface area contributed by atoms with Gasteiger partial charge in [0.25, 0.3) is 0 Å². The Bertz CT molecular complexity index is 452. The minimum absolute atomic E-state index is 0.124. The van der Waals surface area contributed by atoms with Gasteiger partial charge in [-0.1, -0.05) is 11.6 Å². The van der Waals surface area contributed by atoms with Crippen molar-refractivity contribution in [3.63, 3.8) is 0 Å². The molecule has 4 heteroatoms. The van der Waals surface area contributed by atoms with Crippen LogP contribution in [0, 0.1) is 0 Å². The van der Waals surface area contributed by atoms with Gasteiger partial charge in [-0.2, -0.15) is 0 Å². The fourth-order valence-electron chi connectivity index (χ4n) is 1.39. The van der Waals surface area contributed by atoms with E-state index in [0.29, 0.717) is 22.1 Å². The third-order valence-electron chi connectivity index (χ3n) is 2.01. The summed E-state index contributed by atoms with van der Waals surface area (Å²) in [6, 6.07) is 5.02. The summed E-state index contributed by atoms with van der Waals surface area (Å²) in [6.07, 6.45) is 1.65. The molecule has 1 aromatic rings. The number of carbonyl (C=O) groups is 1. The summed E-state index contributed by atoms with van der Waals surface area (Å²) in [5.74, 6) is 0.774. The molecule has 0 saturated heterocycles. The van der Waals surface area contributed by atoms with Crippen LogP contribution in [0.15, 0.2) is 30.2 Å². The van der Waals surface area contributed by atoms with Crippen LogP contribution >= 0.6 is 11.6 Å². The zero-order valence-electron chi connectivity index (χ0n) is 8.45. The van der Waals surface area contributed by atoms with Gasteiger partial charge < -0.3 is 9.64 Å². The van der Waals surface area contributed by atoms with E-state index in [1.54, 1.807) is 29.3 Å². The second-order valence-corrected chi connectivity index (χ2v) is 3.97. The summed E-state index contributed by atoms with van der Waals surface area (Å²) < 4.78 is 5.40. The van der Waals surface area contributed by atoms with Crippen molar-refractivity contribution in [3.05, 3.63) is 40.7 Å². The Morgan fingerprint density at radius 2 is 2.13 bits per heavy atom. The zero-order chi connectivity index (χ0) is 11.0. The molecule has 0 aromatic heterocycles. The van der Waals surface area contributed by atoms with Crippen molar-refractivity contribution in [1.29, 1.82) is 0 Å². The second kappa shape index (κ2) is 3.59. The van der Waals surface area contributed by atoms with Gasteiger partial charge in [-0.05, 0) is 18.2 Å². The lowest BCUT2D eigenvalue weighted by Crippen LogP contribution is -2.08. The van der Waals surface area contributed by atoms with Gasteiger partial charge in [0, 0.05) is 25.3 Å². The van der Waals surface area contributed by atoms with Crippen LogP contribution in [0.5, 0.6) is 5.75 Å². The molecule has 1 aliphatic heterocycles. The number of hydrogen-bond acceptors (Lipinski definition) is 3. The summed E-state index contributed by atoms with van der Waals surface area (Å²) in [7, 11) is 3.67. The van der Waals surface area contributed by atoms with Crippen LogP contribution < -0.4 is 4.74 Å². The SMILES string of the molecule is CN(C)C=C1Oc2ccc(Cl)cc2C1=O. The maximum atomic E-state index is 11.8. The summed E-state index contributed by atoms with van der Waals surface area (Å²) in [5, 5.41) is 0.539. The van der Waals surface area contributed by atoms with Crippen molar-refractivity contribution in [2.75, 3.05) is 14.1 Å². The number of carbonyl (C=O) groups excluding carboxylic acids is 1. The molecule has 1 heterocycles. The molecule has 3 nitrogen and oxygen atoms in total. The van der Waals surface area contributed by atoms with Crippen molar-refractivity contribution < 1.29 is 9.53 Å². The average molecular weight is 224 g/mol. The van der Waals surface area contributed by atoms with Crippen molar-refractivity contribution in [3.8, 4) is 5.75 Å². The zero-order valence-corrected chi connectivity index (χ0v) is 9.21. The highest BCUT2D eigenvalue weighted by molar-refractivity contribution is 6.31. The largest absolute Gasteiger partial charge is 0.451 e. The van der Waals surface area contributed by atoms with Crippen LogP contribution in [0.3, 0.4) is 0 Å². The van der Waals surface area contributed by atoms with Crippen LogP contribution in [0.25, 0.3) is 0 Å². The van der Waals surface area contributed by atoms with E-state index in [-0.39, 0.29) is 5.78 Å². The number of allylic oxidation sites excluding steroid dienone is 1. The molecule has 0 amide bonds. The number of benzene rings is 1. The van der Waals surface area contributed by atoms with Crippen LogP contribution in [-0.2, 0) is 0 Å². The predicted molar refractivity (Wildman–Crippen MR) is 58.2 cm³/mol. The summed E-state index contributed by atoms with van der Waals surface area (Å²) in [4.78, 5) is 13.6. The van der Waals surface area contributed by atoms with Crippen molar-refractivity contribution in [1.82, 2.24) is 4.90 Å². The summed E-state index contributed by atoms with van der Waals surface area (Å²) >= 11 is 5.80. The highest BCUT2D eigenvalue weighted by Gasteiger charge is 2.27. The van der Waals surface area contributed by atoms with Gasteiger partial charge in [0.2, 0.25) is 5.78 Å². The molecule has 1 aliphatic rings. The molecule has 15 heavy (non-hydrogen) atoms. The first-order valence-electron chi connectivity index (χ1n) is 4.48. The van der Waals surface area contributed by atoms with E-state index in [0.717, 1.165) is 0 Å². The van der Waals surface area contributed by atoms with Gasteiger partial charge in [-0.3, -0.25) is 4.79 Å². The van der Waals surface area contributed by atoms with Gasteiger partial charge >= 0.3 is 0 Å². The Morgan fingerprint density at radius 3 is 2.80 bits per heavy atom. The number of halogens is 1. The van der Waals surface area contributed by atoms with E-state index in [9.17, 15) is 4.79 Å². The van der Waals surface area contributed by atoms with Crippen molar-refractivity contribution in [2.24, 2.45) is 0 Å². The smallest absolute Gasteiger partial charge is 0.233 e. The van der Waals surface area contributed by atoms with E-state index in [2.05, 4.69) is 0 Å². The summed E-state index contributed by atoms with van der Waals surface area (Å²) in [6.45, 7) is 0. The monoisotopic (exact) mass is 223 g/mol. The molecule has 2 rings (SSSR count). The fourth-order valence-corrected chi connectivity index (χ4v) is 1.56. The van der Waals surface area contributed by atoms with Crippen molar-refractivity contribution in [2.45, 2.75) is 0 Å². The van der Waals surface area contributed by atoms with Gasteiger partial charge in [-0.25, -0.2) is 0 Å². The van der Waals surface area contributed by atoms with Gasteiger partial charge in [0.15, 0.2) is 5.76 Å². The first-order chi connectivity index (χ1) is 7.08. The molecule has 78 valence electrons. The van der Waals surface area contributed by atoms with Crippen molar-refractivity contribution >= 4 is 17.4 Å². The highest BCUT2D eigenvalue weighted by atomic mass is 35.5.